The summed E-state index contributed by atoms with van der Waals surface area (Å²) in [4.78, 5) is 71.4. The van der Waals surface area contributed by atoms with Crippen molar-refractivity contribution in [2.24, 2.45) is 45.8 Å². The SMILES string of the molecule is CC1(C)CCC(CC(=O)C[C@H]2CCCCCCCCC[C@@H](C(=O)C(=O)CC3CC3)CC(=O)[C@@H]3[C@@H]4[C@H](CN3C2=O)C4(C)C)(CS(=O)(=O)C(C)(C)C)CC1. The second kappa shape index (κ2) is 15.7. The van der Waals surface area contributed by atoms with E-state index in [9.17, 15) is 32.4 Å². The van der Waals surface area contributed by atoms with Gasteiger partial charge in [-0.05, 0) is 106 Å². The van der Waals surface area contributed by atoms with Crippen LogP contribution in [0, 0.1) is 45.8 Å². The Labute approximate surface area is 314 Å². The van der Waals surface area contributed by atoms with Gasteiger partial charge in [0.1, 0.15) is 5.78 Å². The second-order valence-electron chi connectivity index (χ2n) is 20.4. The third-order valence-corrected chi connectivity index (χ3v) is 17.0. The number of carbonyl (C=O) groups excluding carboxylic acids is 5. The fourth-order valence-electron chi connectivity index (χ4n) is 9.91. The maximum absolute atomic E-state index is 14.7. The molecular weight excluding hydrogens is 675 g/mol. The normalized spacial score (nSPS) is 31.4. The Morgan fingerprint density at radius 1 is 0.788 bits per heavy atom. The van der Waals surface area contributed by atoms with Crippen molar-refractivity contribution in [1.29, 1.82) is 0 Å². The standard InChI is InChI=1S/C43H69NO7S/c1-40(2,3)52(50,51)28-43(21-19-41(4,5)20-22-43)26-32(45)24-31-16-14-12-10-8-9-11-13-15-30(38(48)35(47)23-29-17-18-29)25-34(46)37-36-33(42(36,6)7)27-44(37)39(31)49/h29-31,33,36-37H,8-28H2,1-7H3/t30-,31-,33+,36+,37-/m1/s1. The van der Waals surface area contributed by atoms with Gasteiger partial charge in [-0.25, -0.2) is 8.42 Å². The van der Waals surface area contributed by atoms with Gasteiger partial charge in [0, 0.05) is 44.1 Å². The molecule has 5 atom stereocenters. The van der Waals surface area contributed by atoms with E-state index >= 15 is 0 Å². The minimum absolute atomic E-state index is 0.00625. The van der Waals surface area contributed by atoms with Gasteiger partial charge in [0.05, 0.1) is 16.5 Å². The van der Waals surface area contributed by atoms with Crippen LogP contribution in [0.2, 0.25) is 0 Å². The molecular formula is C43H69NO7S. The van der Waals surface area contributed by atoms with E-state index in [0.29, 0.717) is 38.1 Å². The van der Waals surface area contributed by atoms with Crippen LogP contribution in [0.5, 0.6) is 0 Å². The number of Topliss-reactive ketones (excluding diaryl/α,β-unsaturated/α-hetero) is 4. The Hall–Kier alpha value is -1.90. The fourth-order valence-corrected chi connectivity index (χ4v) is 11.5. The maximum atomic E-state index is 14.7. The van der Waals surface area contributed by atoms with Crippen molar-refractivity contribution in [3.8, 4) is 0 Å². The van der Waals surface area contributed by atoms with Crippen molar-refractivity contribution < 1.29 is 32.4 Å². The summed E-state index contributed by atoms with van der Waals surface area (Å²) in [7, 11) is -3.48. The van der Waals surface area contributed by atoms with Crippen LogP contribution in [0.4, 0.5) is 0 Å². The fraction of sp³-hybridized carbons (Fsp3) is 0.884. The van der Waals surface area contributed by atoms with Gasteiger partial charge < -0.3 is 4.90 Å². The van der Waals surface area contributed by atoms with Crippen LogP contribution < -0.4 is 0 Å². The average molecular weight is 744 g/mol. The number of nitrogens with zero attached hydrogens (tertiary/aromatic N) is 1. The van der Waals surface area contributed by atoms with Crippen LogP contribution in [-0.4, -0.2) is 65.4 Å². The zero-order valence-corrected chi connectivity index (χ0v) is 34.3. The van der Waals surface area contributed by atoms with E-state index in [4.69, 9.17) is 0 Å². The van der Waals surface area contributed by atoms with Crippen LogP contribution in [-0.2, 0) is 33.8 Å². The molecule has 2 saturated heterocycles. The molecule has 1 amide bonds. The van der Waals surface area contributed by atoms with Gasteiger partial charge in [-0.15, -0.1) is 0 Å². The predicted molar refractivity (Wildman–Crippen MR) is 204 cm³/mol. The van der Waals surface area contributed by atoms with Crippen molar-refractivity contribution in [1.82, 2.24) is 4.90 Å². The van der Waals surface area contributed by atoms with Crippen LogP contribution in [0.3, 0.4) is 0 Å². The number of carbonyl (C=O) groups is 5. The highest BCUT2D eigenvalue weighted by atomic mass is 32.2. The third-order valence-electron chi connectivity index (χ3n) is 14.2. The molecule has 0 radical (unpaired) electrons. The van der Waals surface area contributed by atoms with E-state index in [1.165, 1.54) is 0 Å². The first-order valence-electron chi connectivity index (χ1n) is 20.8. The van der Waals surface area contributed by atoms with Crippen LogP contribution >= 0.6 is 0 Å². The zero-order valence-electron chi connectivity index (χ0n) is 33.5. The highest BCUT2D eigenvalue weighted by molar-refractivity contribution is 7.92. The Bertz CT molecular complexity index is 1470. The average Bonchev–Trinajstić information content (AvgIpc) is 3.89. The first-order valence-corrected chi connectivity index (χ1v) is 22.5. The van der Waals surface area contributed by atoms with E-state index in [-0.39, 0.29) is 77.4 Å². The van der Waals surface area contributed by atoms with Gasteiger partial charge in [-0.1, -0.05) is 72.6 Å². The summed E-state index contributed by atoms with van der Waals surface area (Å²) in [5.41, 5.74) is -0.641. The van der Waals surface area contributed by atoms with Gasteiger partial charge >= 0.3 is 0 Å². The molecule has 0 aromatic rings. The molecule has 5 fully saturated rings. The highest BCUT2D eigenvalue weighted by Gasteiger charge is 2.69. The number of hydrogen-bond donors (Lipinski definition) is 0. The Kier molecular flexibility index (Phi) is 12.4. The Morgan fingerprint density at radius 2 is 1.37 bits per heavy atom. The van der Waals surface area contributed by atoms with E-state index in [1.54, 1.807) is 25.7 Å². The largest absolute Gasteiger partial charge is 0.332 e. The number of rotatable bonds is 10. The van der Waals surface area contributed by atoms with Gasteiger partial charge in [0.25, 0.3) is 0 Å². The van der Waals surface area contributed by atoms with Crippen molar-refractivity contribution >= 4 is 38.9 Å². The van der Waals surface area contributed by atoms with Gasteiger partial charge in [0.2, 0.25) is 11.7 Å². The Balaban J connectivity index is 1.37. The van der Waals surface area contributed by atoms with E-state index in [2.05, 4.69) is 27.7 Å². The lowest BCUT2D eigenvalue weighted by Crippen LogP contribution is -2.49. The molecule has 5 aliphatic rings. The quantitative estimate of drug-likeness (QED) is 0.207. The number of ketones is 4. The minimum Gasteiger partial charge on any atom is -0.332 e. The van der Waals surface area contributed by atoms with E-state index < -0.39 is 43.7 Å². The number of amides is 1. The molecule has 0 bridgehead atoms. The van der Waals surface area contributed by atoms with Gasteiger partial charge in [-0.3, -0.25) is 24.0 Å². The molecule has 3 saturated carbocycles. The lowest BCUT2D eigenvalue weighted by molar-refractivity contribution is -0.146. The van der Waals surface area contributed by atoms with Crippen LogP contribution in [0.1, 0.15) is 170 Å². The summed E-state index contributed by atoms with van der Waals surface area (Å²) in [5, 5.41) is 0. The molecule has 2 heterocycles. The molecule has 3 aliphatic carbocycles. The molecule has 9 heteroatoms. The molecule has 2 aliphatic heterocycles. The highest BCUT2D eigenvalue weighted by Crippen LogP contribution is 2.65. The number of fused-ring (bicyclic) bond motifs is 3. The molecule has 0 aromatic heterocycles. The summed E-state index contributed by atoms with van der Waals surface area (Å²) in [5.74, 6) is -1.78. The molecule has 52 heavy (non-hydrogen) atoms. The summed E-state index contributed by atoms with van der Waals surface area (Å²) in [6, 6.07) is -0.643. The molecule has 8 nitrogen and oxygen atoms in total. The minimum atomic E-state index is -3.48. The summed E-state index contributed by atoms with van der Waals surface area (Å²) >= 11 is 0. The third kappa shape index (κ3) is 9.66. The lowest BCUT2D eigenvalue weighted by atomic mass is 9.64. The van der Waals surface area contributed by atoms with Gasteiger partial charge in [0.15, 0.2) is 21.4 Å². The van der Waals surface area contributed by atoms with Crippen molar-refractivity contribution in [3.05, 3.63) is 0 Å². The summed E-state index contributed by atoms with van der Waals surface area (Å²) < 4.78 is 26.2. The first-order chi connectivity index (χ1) is 24.2. The summed E-state index contributed by atoms with van der Waals surface area (Å²) in [6.07, 6.45) is 13.3. The Morgan fingerprint density at radius 3 is 1.94 bits per heavy atom. The zero-order chi connectivity index (χ0) is 38.3. The van der Waals surface area contributed by atoms with Gasteiger partial charge in [-0.2, -0.15) is 0 Å². The predicted octanol–water partition coefficient (Wildman–Crippen LogP) is 8.27. The van der Waals surface area contributed by atoms with E-state index in [0.717, 1.165) is 70.6 Å². The van der Waals surface area contributed by atoms with Crippen molar-refractivity contribution in [3.63, 3.8) is 0 Å². The molecule has 294 valence electrons. The molecule has 0 N–H and O–H groups in total. The van der Waals surface area contributed by atoms with E-state index in [1.807, 2.05) is 0 Å². The molecule has 0 unspecified atom stereocenters. The molecule has 0 spiro atoms. The monoisotopic (exact) mass is 743 g/mol. The lowest BCUT2D eigenvalue weighted by Gasteiger charge is -2.44. The number of sulfone groups is 1. The first kappa shape index (κ1) is 41.3. The smallest absolute Gasteiger partial charge is 0.226 e. The number of piperidine rings is 1. The molecule has 5 rings (SSSR count). The van der Waals surface area contributed by atoms with Crippen LogP contribution in [0.25, 0.3) is 0 Å². The maximum Gasteiger partial charge on any atom is 0.226 e. The number of hydrogen-bond acceptors (Lipinski definition) is 7. The molecule has 0 aromatic carbocycles. The van der Waals surface area contributed by atoms with Crippen LogP contribution in [0.15, 0.2) is 0 Å². The van der Waals surface area contributed by atoms with Crippen molar-refractivity contribution in [2.75, 3.05) is 12.3 Å². The summed E-state index contributed by atoms with van der Waals surface area (Å²) in [6.45, 7) is 14.4. The van der Waals surface area contributed by atoms with Crippen molar-refractivity contribution in [2.45, 2.75) is 181 Å². The topological polar surface area (TPSA) is 123 Å². The second-order valence-corrected chi connectivity index (χ2v) is 23.1.